The number of halogens is 1. The molecule has 0 radical (unpaired) electrons. The molecule has 0 bridgehead atoms. The van der Waals surface area contributed by atoms with Gasteiger partial charge in [0.1, 0.15) is 5.82 Å². The first-order valence-electron chi connectivity index (χ1n) is 9.76. The SMILES string of the molecule is COc1cc([C@H]2CC(=O)N3C(=C2C#N)SC[C@]3(O)c2ccc(F)cc2)cc(OC)c1OC. The van der Waals surface area contributed by atoms with E-state index in [1.807, 2.05) is 0 Å². The van der Waals surface area contributed by atoms with Crippen LogP contribution in [-0.4, -0.2) is 43.0 Å². The fourth-order valence-electron chi connectivity index (χ4n) is 4.14. The molecule has 9 heteroatoms. The average Bonchev–Trinajstić information content (AvgIpc) is 3.17. The largest absolute Gasteiger partial charge is 0.493 e. The fourth-order valence-corrected chi connectivity index (χ4v) is 5.50. The zero-order chi connectivity index (χ0) is 23.0. The first kappa shape index (κ1) is 22.0. The minimum absolute atomic E-state index is 0.0326. The van der Waals surface area contributed by atoms with Crippen molar-refractivity contribution < 1.29 is 28.5 Å². The molecule has 0 aliphatic carbocycles. The summed E-state index contributed by atoms with van der Waals surface area (Å²) >= 11 is 1.23. The standard InChI is InChI=1S/C23H21FN2O5S/c1-29-18-8-13(9-19(30-2)21(18)31-3)16-10-20(27)26-22(17(16)11-25)32-12-23(26,28)14-4-6-15(24)7-5-14/h4-9,16,28H,10,12H2,1-3H3/t16-,23+/m1/s1. The molecule has 166 valence electrons. The number of benzene rings is 2. The summed E-state index contributed by atoms with van der Waals surface area (Å²) in [5, 5.41) is 21.8. The van der Waals surface area contributed by atoms with Gasteiger partial charge in [-0.2, -0.15) is 5.26 Å². The zero-order valence-corrected chi connectivity index (χ0v) is 18.5. The van der Waals surface area contributed by atoms with E-state index in [0.717, 1.165) is 0 Å². The number of nitriles is 1. The van der Waals surface area contributed by atoms with Crippen LogP contribution in [0.15, 0.2) is 47.0 Å². The molecule has 2 aromatic carbocycles. The van der Waals surface area contributed by atoms with Crippen LogP contribution in [0, 0.1) is 17.1 Å². The molecule has 7 nitrogen and oxygen atoms in total. The molecule has 0 spiro atoms. The molecule has 0 saturated carbocycles. The molecule has 1 fully saturated rings. The molecule has 0 aromatic heterocycles. The summed E-state index contributed by atoms with van der Waals surface area (Å²) in [7, 11) is 4.48. The number of hydrogen-bond acceptors (Lipinski definition) is 7. The highest BCUT2D eigenvalue weighted by atomic mass is 32.2. The van der Waals surface area contributed by atoms with Gasteiger partial charge in [0.2, 0.25) is 11.7 Å². The van der Waals surface area contributed by atoms with E-state index >= 15 is 0 Å². The Morgan fingerprint density at radius 2 is 1.78 bits per heavy atom. The lowest BCUT2D eigenvalue weighted by molar-refractivity contribution is -0.149. The molecule has 2 aromatic rings. The topological polar surface area (TPSA) is 92.0 Å². The van der Waals surface area contributed by atoms with Gasteiger partial charge in [0, 0.05) is 17.9 Å². The highest BCUT2D eigenvalue weighted by Gasteiger charge is 2.52. The Morgan fingerprint density at radius 1 is 1.16 bits per heavy atom. The van der Waals surface area contributed by atoms with Crippen LogP contribution in [0.25, 0.3) is 0 Å². The van der Waals surface area contributed by atoms with Crippen molar-refractivity contribution in [3.05, 3.63) is 63.9 Å². The normalized spacial score (nSPS) is 22.4. The van der Waals surface area contributed by atoms with Crippen molar-refractivity contribution in [1.82, 2.24) is 4.90 Å². The van der Waals surface area contributed by atoms with Gasteiger partial charge in [-0.1, -0.05) is 12.1 Å². The third-order valence-corrected chi connectivity index (χ3v) is 6.93. The van der Waals surface area contributed by atoms with E-state index in [1.54, 1.807) is 12.1 Å². The number of thioether (sulfide) groups is 1. The van der Waals surface area contributed by atoms with E-state index in [4.69, 9.17) is 14.2 Å². The number of nitrogens with zero attached hydrogens (tertiary/aromatic N) is 2. The van der Waals surface area contributed by atoms with Gasteiger partial charge in [0.05, 0.1) is 43.8 Å². The van der Waals surface area contributed by atoms with Crippen LogP contribution in [0.5, 0.6) is 17.2 Å². The molecular weight excluding hydrogens is 435 g/mol. The summed E-state index contributed by atoms with van der Waals surface area (Å²) in [5.41, 5.74) is -0.248. The summed E-state index contributed by atoms with van der Waals surface area (Å²) in [6.07, 6.45) is -0.0326. The Balaban J connectivity index is 1.82. The lowest BCUT2D eigenvalue weighted by Crippen LogP contribution is -2.48. The van der Waals surface area contributed by atoms with Gasteiger partial charge in [-0.3, -0.25) is 9.69 Å². The van der Waals surface area contributed by atoms with E-state index in [2.05, 4.69) is 6.07 Å². The van der Waals surface area contributed by atoms with Gasteiger partial charge in [-0.15, -0.1) is 11.8 Å². The number of hydrogen-bond donors (Lipinski definition) is 1. The number of amides is 1. The highest BCUT2D eigenvalue weighted by molar-refractivity contribution is 8.03. The lowest BCUT2D eigenvalue weighted by Gasteiger charge is -2.38. The molecule has 1 N–H and O–H groups in total. The van der Waals surface area contributed by atoms with Crippen molar-refractivity contribution >= 4 is 17.7 Å². The molecular formula is C23H21FN2O5S. The molecule has 0 unspecified atom stereocenters. The van der Waals surface area contributed by atoms with Crippen LogP contribution < -0.4 is 14.2 Å². The maximum atomic E-state index is 13.4. The third kappa shape index (κ3) is 3.36. The summed E-state index contributed by atoms with van der Waals surface area (Å²) in [4.78, 5) is 14.5. The Labute approximate surface area is 189 Å². The third-order valence-electron chi connectivity index (χ3n) is 5.71. The number of methoxy groups -OCH3 is 3. The lowest BCUT2D eigenvalue weighted by atomic mass is 9.85. The van der Waals surface area contributed by atoms with Crippen LogP contribution in [0.4, 0.5) is 4.39 Å². The Hall–Kier alpha value is -3.22. The number of ether oxygens (including phenoxy) is 3. The maximum Gasteiger partial charge on any atom is 0.231 e. The zero-order valence-electron chi connectivity index (χ0n) is 17.7. The number of carbonyl (C=O) groups is 1. The molecule has 1 saturated heterocycles. The van der Waals surface area contributed by atoms with Crippen LogP contribution in [0.1, 0.15) is 23.5 Å². The van der Waals surface area contributed by atoms with E-state index in [-0.39, 0.29) is 18.1 Å². The number of rotatable bonds is 5. The smallest absolute Gasteiger partial charge is 0.231 e. The molecule has 32 heavy (non-hydrogen) atoms. The number of carbonyl (C=O) groups excluding carboxylic acids is 1. The number of fused-ring (bicyclic) bond motifs is 1. The monoisotopic (exact) mass is 456 g/mol. The van der Waals surface area contributed by atoms with E-state index < -0.39 is 17.5 Å². The van der Waals surface area contributed by atoms with Crippen molar-refractivity contribution in [2.75, 3.05) is 27.1 Å². The molecule has 2 aliphatic rings. The minimum atomic E-state index is -1.66. The second-order valence-electron chi connectivity index (χ2n) is 7.39. The predicted octanol–water partition coefficient (Wildman–Crippen LogP) is 3.49. The average molecular weight is 456 g/mol. The van der Waals surface area contributed by atoms with Crippen LogP contribution in [0.2, 0.25) is 0 Å². The van der Waals surface area contributed by atoms with Crippen LogP contribution >= 0.6 is 11.8 Å². The van der Waals surface area contributed by atoms with Crippen molar-refractivity contribution in [1.29, 1.82) is 5.26 Å². The Kier molecular flexibility index (Phi) is 5.75. The summed E-state index contributed by atoms with van der Waals surface area (Å²) in [5.74, 6) is 0.0535. The quantitative estimate of drug-likeness (QED) is 0.736. The first-order chi connectivity index (χ1) is 15.4. The van der Waals surface area contributed by atoms with E-state index in [1.165, 1.54) is 62.3 Å². The molecule has 2 atom stereocenters. The first-order valence-corrected chi connectivity index (χ1v) is 10.7. The van der Waals surface area contributed by atoms with E-state index in [9.17, 15) is 19.6 Å². The summed E-state index contributed by atoms with van der Waals surface area (Å²) in [6, 6.07) is 11.0. The predicted molar refractivity (Wildman–Crippen MR) is 116 cm³/mol. The Morgan fingerprint density at radius 3 is 2.31 bits per heavy atom. The minimum Gasteiger partial charge on any atom is -0.493 e. The number of aliphatic hydroxyl groups is 1. The summed E-state index contributed by atoms with van der Waals surface area (Å²) < 4.78 is 29.6. The fraction of sp³-hybridized carbons (Fsp3) is 0.304. The van der Waals surface area contributed by atoms with E-state index in [0.29, 0.717) is 39.0 Å². The molecule has 4 rings (SSSR count). The van der Waals surface area contributed by atoms with Gasteiger partial charge < -0.3 is 19.3 Å². The van der Waals surface area contributed by atoms with Crippen LogP contribution in [-0.2, 0) is 10.5 Å². The van der Waals surface area contributed by atoms with Crippen molar-refractivity contribution in [3.8, 4) is 23.3 Å². The van der Waals surface area contributed by atoms with Gasteiger partial charge in [-0.05, 0) is 29.8 Å². The highest BCUT2D eigenvalue weighted by Crippen LogP contribution is 2.52. The molecule has 2 aliphatic heterocycles. The van der Waals surface area contributed by atoms with Gasteiger partial charge in [0.25, 0.3) is 0 Å². The summed E-state index contributed by atoms with van der Waals surface area (Å²) in [6.45, 7) is 0. The van der Waals surface area contributed by atoms with Crippen molar-refractivity contribution in [3.63, 3.8) is 0 Å². The Bertz CT molecular complexity index is 1120. The van der Waals surface area contributed by atoms with Gasteiger partial charge >= 0.3 is 0 Å². The van der Waals surface area contributed by atoms with Crippen molar-refractivity contribution in [2.24, 2.45) is 0 Å². The second kappa shape index (κ2) is 8.37. The van der Waals surface area contributed by atoms with Crippen molar-refractivity contribution in [2.45, 2.75) is 18.1 Å². The van der Waals surface area contributed by atoms with Gasteiger partial charge in [0.15, 0.2) is 17.2 Å². The molecule has 1 amide bonds. The second-order valence-corrected chi connectivity index (χ2v) is 8.35. The van der Waals surface area contributed by atoms with Crippen LogP contribution in [0.3, 0.4) is 0 Å². The molecule has 2 heterocycles. The number of allylic oxidation sites excluding steroid dienone is 1. The van der Waals surface area contributed by atoms with Gasteiger partial charge in [-0.25, -0.2) is 4.39 Å². The maximum absolute atomic E-state index is 13.4.